The van der Waals surface area contributed by atoms with Crippen LogP contribution >= 0.6 is 0 Å². The molecule has 9 heteroatoms. The number of carbonyl (C=O) groups is 2. The van der Waals surface area contributed by atoms with Crippen molar-refractivity contribution in [1.29, 1.82) is 0 Å². The molecule has 0 heterocycles. The second kappa shape index (κ2) is 48.6. The smallest absolute Gasteiger partial charge is 0.293 e. The quantitative estimate of drug-likeness (QED) is 0.0334. The number of nitrogens with one attached hydrogen (secondary N) is 2. The maximum Gasteiger partial charge on any atom is 0.293 e. The molecule has 0 fully saturated rings. The molecule has 0 radical (unpaired) electrons. The molecule has 3 N–H and O–H groups in total. The van der Waals surface area contributed by atoms with E-state index in [9.17, 15) is 14.4 Å². The standard InChI is InChI=1S/C39H75N3O2.C12H24O2.CH2O2/c1-5-8-11-14-18-23-28-35(29-24-19-15-12-9-6-2)30-25-20-17-22-27-33-42(32-26-21-16-13-10-7-3)34-31-41-37-36(40-4)38(43)39(37)44;1-3-5-6-7-8-9-10-12(4-2)14-11-13;2-1-3/h35,40-41H,5-34H2,1-4H3;11-12H,3-10H2,1-2H3;1H,(H,2,3). The van der Waals surface area contributed by atoms with Gasteiger partial charge in [-0.25, -0.2) is 0 Å². The van der Waals surface area contributed by atoms with Crippen molar-refractivity contribution in [3.05, 3.63) is 20.4 Å². The summed E-state index contributed by atoms with van der Waals surface area (Å²) in [5.41, 5.74) is 0.148. The van der Waals surface area contributed by atoms with Gasteiger partial charge in [0.2, 0.25) is 0 Å². The van der Waals surface area contributed by atoms with Gasteiger partial charge < -0.3 is 25.4 Å². The number of nitrogens with zero attached hydrogens (tertiary/aromatic N) is 1. The van der Waals surface area contributed by atoms with E-state index >= 15 is 0 Å². The fraction of sp³-hybridized carbons (Fsp3) is 0.885. The zero-order chi connectivity index (χ0) is 45.4. The first kappa shape index (κ1) is 60.7. The second-order valence-electron chi connectivity index (χ2n) is 17.7. The normalized spacial score (nSPS) is 11.5. The molecule has 0 aliphatic rings. The van der Waals surface area contributed by atoms with Gasteiger partial charge in [-0.2, -0.15) is 0 Å². The third-order valence-electron chi connectivity index (χ3n) is 12.3. The number of carbonyl (C=O) groups excluding carboxylic acids is 1. The van der Waals surface area contributed by atoms with Crippen molar-refractivity contribution >= 4 is 24.3 Å². The molecule has 0 amide bonds. The zero-order valence-electron chi connectivity index (χ0n) is 41.1. The largest absolute Gasteiger partial charge is 0.483 e. The Labute approximate surface area is 376 Å². The SMILES string of the molecule is CCCCCCCCC(CC)OC=O.CCCCCCCCC(CCCCCCCC)CCCCCCCN(CCCCCCCC)CCNc1c(NC)c(=O)c1=O.O=CO. The van der Waals surface area contributed by atoms with Gasteiger partial charge in [0.15, 0.2) is 0 Å². The first-order valence-electron chi connectivity index (χ1n) is 26.0. The summed E-state index contributed by atoms with van der Waals surface area (Å²) in [6.07, 6.45) is 46.0. The molecule has 1 aromatic carbocycles. The summed E-state index contributed by atoms with van der Waals surface area (Å²) in [4.78, 5) is 44.7. The first-order chi connectivity index (χ1) is 29.8. The molecule has 1 rings (SSSR count). The number of anilines is 2. The van der Waals surface area contributed by atoms with Crippen molar-refractivity contribution < 1.29 is 19.4 Å². The number of hydrogen-bond donors (Lipinski definition) is 3. The van der Waals surface area contributed by atoms with Gasteiger partial charge in [0.1, 0.15) is 17.5 Å². The van der Waals surface area contributed by atoms with E-state index in [0.717, 1.165) is 38.4 Å². The van der Waals surface area contributed by atoms with Crippen LogP contribution in [-0.4, -0.2) is 62.3 Å². The van der Waals surface area contributed by atoms with E-state index in [2.05, 4.69) is 50.2 Å². The topological polar surface area (TPSA) is 125 Å². The van der Waals surface area contributed by atoms with Crippen LogP contribution in [0.3, 0.4) is 0 Å². The third-order valence-corrected chi connectivity index (χ3v) is 12.3. The second-order valence-corrected chi connectivity index (χ2v) is 17.7. The minimum Gasteiger partial charge on any atom is -0.483 e. The summed E-state index contributed by atoms with van der Waals surface area (Å²) >= 11 is 0. The van der Waals surface area contributed by atoms with Crippen molar-refractivity contribution in [2.45, 2.75) is 259 Å². The highest BCUT2D eigenvalue weighted by Crippen LogP contribution is 2.25. The van der Waals surface area contributed by atoms with Gasteiger partial charge in [0.05, 0.1) is 0 Å². The Morgan fingerprint density at radius 3 is 1.21 bits per heavy atom. The summed E-state index contributed by atoms with van der Waals surface area (Å²) in [7, 11) is 1.71. The fourth-order valence-corrected chi connectivity index (χ4v) is 8.35. The number of rotatable bonds is 44. The monoisotopic (exact) mass is 864 g/mol. The molecular formula is C52H101N3O6. The van der Waals surface area contributed by atoms with Gasteiger partial charge >= 0.3 is 0 Å². The molecule has 0 saturated heterocycles. The number of carboxylic acid groups (broad SMARTS) is 1. The van der Waals surface area contributed by atoms with Crippen molar-refractivity contribution in [3.63, 3.8) is 0 Å². The van der Waals surface area contributed by atoms with Crippen LogP contribution in [0.4, 0.5) is 11.4 Å². The van der Waals surface area contributed by atoms with E-state index in [0.29, 0.717) is 24.4 Å². The van der Waals surface area contributed by atoms with Crippen LogP contribution in [0.15, 0.2) is 9.59 Å². The van der Waals surface area contributed by atoms with E-state index in [1.807, 2.05) is 0 Å². The maximum absolute atomic E-state index is 11.9. The molecule has 0 spiro atoms. The molecule has 9 nitrogen and oxygen atoms in total. The Balaban J connectivity index is 0. The molecule has 0 aliphatic carbocycles. The predicted octanol–water partition coefficient (Wildman–Crippen LogP) is 14.2. The van der Waals surface area contributed by atoms with Crippen LogP contribution < -0.4 is 21.5 Å². The van der Waals surface area contributed by atoms with Gasteiger partial charge in [0.25, 0.3) is 23.8 Å². The van der Waals surface area contributed by atoms with E-state index < -0.39 is 5.43 Å². The first-order valence-corrected chi connectivity index (χ1v) is 26.0. The number of unbranched alkanes of at least 4 members (excludes halogenated alkanes) is 24. The van der Waals surface area contributed by atoms with Crippen LogP contribution in [0.25, 0.3) is 0 Å². The molecule has 0 bridgehead atoms. The van der Waals surface area contributed by atoms with Crippen molar-refractivity contribution in [2.75, 3.05) is 43.9 Å². The maximum atomic E-state index is 11.9. The zero-order valence-corrected chi connectivity index (χ0v) is 41.1. The van der Waals surface area contributed by atoms with Crippen LogP contribution in [0.5, 0.6) is 0 Å². The molecule has 0 saturated carbocycles. The van der Waals surface area contributed by atoms with Crippen LogP contribution in [0, 0.1) is 5.92 Å². The number of ether oxygens (including phenoxy) is 1. The fourth-order valence-electron chi connectivity index (χ4n) is 8.35. The predicted molar refractivity (Wildman–Crippen MR) is 264 cm³/mol. The van der Waals surface area contributed by atoms with Crippen molar-refractivity contribution in [1.82, 2.24) is 4.90 Å². The lowest BCUT2D eigenvalue weighted by Gasteiger charge is -2.23. The molecular weight excluding hydrogens is 763 g/mol. The summed E-state index contributed by atoms with van der Waals surface area (Å²) < 4.78 is 4.94. The molecule has 360 valence electrons. The van der Waals surface area contributed by atoms with Gasteiger partial charge in [-0.15, -0.1) is 0 Å². The molecule has 61 heavy (non-hydrogen) atoms. The molecule has 0 aliphatic heterocycles. The Morgan fingerprint density at radius 2 is 0.852 bits per heavy atom. The highest BCUT2D eigenvalue weighted by molar-refractivity contribution is 5.73. The average molecular weight is 864 g/mol. The van der Waals surface area contributed by atoms with Gasteiger partial charge in [-0.3, -0.25) is 19.2 Å². The molecule has 0 aromatic heterocycles. The minimum absolute atomic E-state index is 0.152. The summed E-state index contributed by atoms with van der Waals surface area (Å²) in [5.74, 6) is 0.962. The van der Waals surface area contributed by atoms with Crippen molar-refractivity contribution in [2.24, 2.45) is 5.92 Å². The van der Waals surface area contributed by atoms with Gasteiger partial charge in [-0.1, -0.05) is 221 Å². The lowest BCUT2D eigenvalue weighted by Crippen LogP contribution is -2.38. The highest BCUT2D eigenvalue weighted by atomic mass is 16.5. The summed E-state index contributed by atoms with van der Waals surface area (Å²) in [6.45, 7) is 15.4. The van der Waals surface area contributed by atoms with E-state index in [1.165, 1.54) is 205 Å². The van der Waals surface area contributed by atoms with Gasteiger partial charge in [-0.05, 0) is 51.1 Å². The third kappa shape index (κ3) is 37.8. The summed E-state index contributed by atoms with van der Waals surface area (Å²) in [6, 6.07) is 0. The Kier molecular flexibility index (Phi) is 48.3. The lowest BCUT2D eigenvalue weighted by molar-refractivity contribution is -0.134. The lowest BCUT2D eigenvalue weighted by atomic mass is 9.89. The van der Waals surface area contributed by atoms with E-state index in [-0.39, 0.29) is 18.0 Å². The van der Waals surface area contributed by atoms with Crippen molar-refractivity contribution in [3.8, 4) is 0 Å². The number of hydrogen-bond acceptors (Lipinski definition) is 8. The van der Waals surface area contributed by atoms with Crippen LogP contribution in [0.2, 0.25) is 0 Å². The average Bonchev–Trinajstić information content (AvgIpc) is 3.26. The van der Waals surface area contributed by atoms with Crippen LogP contribution in [-0.2, 0) is 14.3 Å². The van der Waals surface area contributed by atoms with E-state index in [4.69, 9.17) is 14.6 Å². The molecule has 1 aromatic rings. The Bertz CT molecular complexity index is 1110. The highest BCUT2D eigenvalue weighted by Gasteiger charge is 2.19. The Hall–Kier alpha value is -2.42. The van der Waals surface area contributed by atoms with E-state index in [1.54, 1.807) is 7.05 Å². The van der Waals surface area contributed by atoms with Crippen LogP contribution in [0.1, 0.15) is 253 Å². The van der Waals surface area contributed by atoms with Gasteiger partial charge in [0, 0.05) is 20.1 Å². The molecule has 1 unspecified atom stereocenters. The Morgan fingerprint density at radius 1 is 0.508 bits per heavy atom. The molecule has 1 atom stereocenters. The minimum atomic E-state index is -0.393. The summed E-state index contributed by atoms with van der Waals surface area (Å²) in [5, 5.41) is 13.0.